The van der Waals surface area contributed by atoms with Crippen molar-refractivity contribution in [1.82, 2.24) is 4.90 Å². The molecule has 2 heteroatoms. The largest absolute Gasteiger partial charge is 0.338 e. The lowest BCUT2D eigenvalue weighted by atomic mass is 9.93. The van der Waals surface area contributed by atoms with E-state index in [9.17, 15) is 4.79 Å². The van der Waals surface area contributed by atoms with Crippen molar-refractivity contribution in [1.29, 1.82) is 0 Å². The standard InChI is InChI=1S/C25H26NO/c1-4-21-10-11-26(25(27)17(2)3)24(21)15-19-7-5-6-18(12-19)8-9-20-13-22-16-23(22)14-20/h1,5-7,12,16-17,20-21,24H,10-11,13-15H2,2-3H3. The highest BCUT2D eigenvalue weighted by molar-refractivity contribution is 5.79. The van der Waals surface area contributed by atoms with Crippen LogP contribution in [0.3, 0.4) is 0 Å². The third kappa shape index (κ3) is 3.81. The monoisotopic (exact) mass is 356 g/mol. The van der Waals surface area contributed by atoms with Crippen molar-refractivity contribution < 1.29 is 4.79 Å². The second kappa shape index (κ2) is 7.28. The molecule has 1 aromatic carbocycles. The first kappa shape index (κ1) is 17.9. The lowest BCUT2D eigenvalue weighted by molar-refractivity contribution is -0.135. The average molecular weight is 356 g/mol. The molecule has 2 nitrogen and oxygen atoms in total. The van der Waals surface area contributed by atoms with Crippen molar-refractivity contribution >= 4 is 5.91 Å². The molecule has 4 rings (SSSR count). The number of rotatable bonds is 3. The normalized spacial score (nSPS) is 26.2. The number of terminal acetylenes is 1. The van der Waals surface area contributed by atoms with Gasteiger partial charge in [-0.3, -0.25) is 4.79 Å². The van der Waals surface area contributed by atoms with Gasteiger partial charge in [0, 0.05) is 41.8 Å². The number of likely N-dealkylation sites (tertiary alicyclic amines) is 1. The molecule has 1 radical (unpaired) electrons. The first-order chi connectivity index (χ1) is 13.0. The van der Waals surface area contributed by atoms with Gasteiger partial charge in [-0.15, -0.1) is 12.3 Å². The molecule has 2 aliphatic carbocycles. The summed E-state index contributed by atoms with van der Waals surface area (Å²) in [5.74, 6) is 12.1. The Morgan fingerprint density at radius 3 is 2.89 bits per heavy atom. The number of allylic oxidation sites excluding steroid dienone is 2. The number of carbonyl (C=O) groups excluding carboxylic acids is 1. The zero-order valence-electron chi connectivity index (χ0n) is 16.2. The van der Waals surface area contributed by atoms with Crippen molar-refractivity contribution in [3.8, 4) is 24.2 Å². The van der Waals surface area contributed by atoms with Crippen LogP contribution >= 0.6 is 0 Å². The number of fused-ring (bicyclic) bond motifs is 1. The van der Waals surface area contributed by atoms with Gasteiger partial charge in [-0.1, -0.05) is 49.5 Å². The number of amides is 1. The highest BCUT2D eigenvalue weighted by Crippen LogP contribution is 2.49. The van der Waals surface area contributed by atoms with Crippen LogP contribution < -0.4 is 0 Å². The summed E-state index contributed by atoms with van der Waals surface area (Å²) in [7, 11) is 0. The fraction of sp³-hybridized carbons (Fsp3) is 0.440. The fourth-order valence-electron chi connectivity index (χ4n) is 4.37. The summed E-state index contributed by atoms with van der Waals surface area (Å²) in [6.45, 7) is 4.69. The molecule has 3 unspecified atom stereocenters. The topological polar surface area (TPSA) is 20.3 Å². The van der Waals surface area contributed by atoms with Crippen molar-refractivity contribution in [2.75, 3.05) is 6.54 Å². The van der Waals surface area contributed by atoms with Gasteiger partial charge < -0.3 is 4.90 Å². The van der Waals surface area contributed by atoms with Gasteiger partial charge in [0.1, 0.15) is 0 Å². The summed E-state index contributed by atoms with van der Waals surface area (Å²) in [5, 5.41) is 0. The number of benzene rings is 1. The molecule has 0 aromatic heterocycles. The minimum atomic E-state index is 0.00633. The lowest BCUT2D eigenvalue weighted by Crippen LogP contribution is -2.41. The third-order valence-electron chi connectivity index (χ3n) is 5.94. The van der Waals surface area contributed by atoms with Gasteiger partial charge in [0.15, 0.2) is 0 Å². The molecule has 2 fully saturated rings. The lowest BCUT2D eigenvalue weighted by Gasteiger charge is -2.28. The van der Waals surface area contributed by atoms with Gasteiger partial charge >= 0.3 is 0 Å². The smallest absolute Gasteiger partial charge is 0.225 e. The minimum Gasteiger partial charge on any atom is -0.338 e. The molecule has 3 atom stereocenters. The Morgan fingerprint density at radius 2 is 2.19 bits per heavy atom. The second-order valence-electron chi connectivity index (χ2n) is 8.29. The SMILES string of the molecule is C#CC1CCN(C(=O)C(C)C)C1Cc1cccc(C#CC2C[C]3C=C3C2)c1. The van der Waals surface area contributed by atoms with Gasteiger partial charge in [-0.25, -0.2) is 0 Å². The molecule has 137 valence electrons. The summed E-state index contributed by atoms with van der Waals surface area (Å²) >= 11 is 0. The van der Waals surface area contributed by atoms with E-state index in [0.29, 0.717) is 5.92 Å². The quantitative estimate of drug-likeness (QED) is 0.750. The molecule has 0 spiro atoms. The maximum atomic E-state index is 12.6. The summed E-state index contributed by atoms with van der Waals surface area (Å²) in [5.41, 5.74) is 3.80. The molecule has 1 saturated heterocycles. The molecule has 0 N–H and O–H groups in total. The molecule has 1 aliphatic heterocycles. The van der Waals surface area contributed by atoms with E-state index in [0.717, 1.165) is 37.8 Å². The summed E-state index contributed by atoms with van der Waals surface area (Å²) in [6, 6.07) is 8.53. The molecule has 1 amide bonds. The van der Waals surface area contributed by atoms with Crippen molar-refractivity contribution in [3.05, 3.63) is 53.0 Å². The maximum absolute atomic E-state index is 12.6. The van der Waals surface area contributed by atoms with Crippen molar-refractivity contribution in [3.63, 3.8) is 0 Å². The van der Waals surface area contributed by atoms with Crippen LogP contribution in [0.15, 0.2) is 35.9 Å². The first-order valence-electron chi connectivity index (χ1n) is 9.99. The van der Waals surface area contributed by atoms with E-state index >= 15 is 0 Å². The molecule has 0 bridgehead atoms. The van der Waals surface area contributed by atoms with Crippen LogP contribution in [-0.2, 0) is 11.2 Å². The van der Waals surface area contributed by atoms with Crippen LogP contribution in [0.25, 0.3) is 0 Å². The third-order valence-corrected chi connectivity index (χ3v) is 5.94. The molecular weight excluding hydrogens is 330 g/mol. The van der Waals surface area contributed by atoms with Gasteiger partial charge in [-0.2, -0.15) is 0 Å². The molecule has 1 heterocycles. The van der Waals surface area contributed by atoms with Crippen molar-refractivity contribution in [2.45, 2.75) is 45.6 Å². The number of hydrogen-bond donors (Lipinski definition) is 0. The van der Waals surface area contributed by atoms with E-state index in [-0.39, 0.29) is 23.8 Å². The Kier molecular flexibility index (Phi) is 4.84. The minimum absolute atomic E-state index is 0.00633. The average Bonchev–Trinajstić information content (AvgIpc) is 3.09. The van der Waals surface area contributed by atoms with E-state index < -0.39 is 0 Å². The van der Waals surface area contributed by atoms with Crippen molar-refractivity contribution in [2.24, 2.45) is 17.8 Å². The Bertz CT molecular complexity index is 876. The van der Waals surface area contributed by atoms with Crippen LogP contribution in [-0.4, -0.2) is 23.4 Å². The highest BCUT2D eigenvalue weighted by atomic mass is 16.2. The number of carbonyl (C=O) groups is 1. The summed E-state index contributed by atoms with van der Waals surface area (Å²) < 4.78 is 0. The van der Waals surface area contributed by atoms with E-state index in [4.69, 9.17) is 6.42 Å². The molecule has 1 saturated carbocycles. The summed E-state index contributed by atoms with van der Waals surface area (Å²) in [4.78, 5) is 14.6. The Morgan fingerprint density at radius 1 is 1.33 bits per heavy atom. The van der Waals surface area contributed by atoms with E-state index in [1.165, 1.54) is 17.1 Å². The molecule has 1 aromatic rings. The zero-order chi connectivity index (χ0) is 19.0. The van der Waals surface area contributed by atoms with Gasteiger partial charge in [0.2, 0.25) is 5.91 Å². The van der Waals surface area contributed by atoms with Gasteiger partial charge in [0.05, 0.1) is 0 Å². The van der Waals surface area contributed by atoms with Crippen LogP contribution in [0.1, 0.15) is 44.2 Å². The fourth-order valence-corrected chi connectivity index (χ4v) is 4.37. The summed E-state index contributed by atoms with van der Waals surface area (Å²) in [6.07, 6.45) is 12.0. The zero-order valence-corrected chi connectivity index (χ0v) is 16.2. The van der Waals surface area contributed by atoms with E-state index in [1.807, 2.05) is 18.7 Å². The highest BCUT2D eigenvalue weighted by Gasteiger charge is 2.37. The maximum Gasteiger partial charge on any atom is 0.225 e. The second-order valence-corrected chi connectivity index (χ2v) is 8.29. The number of hydrogen-bond acceptors (Lipinski definition) is 1. The Hall–Kier alpha value is -2.45. The van der Waals surface area contributed by atoms with E-state index in [1.54, 1.807) is 0 Å². The Labute approximate surface area is 163 Å². The predicted octanol–water partition coefficient (Wildman–Crippen LogP) is 4.01. The molecule has 3 aliphatic rings. The van der Waals surface area contributed by atoms with Crippen LogP contribution in [0.5, 0.6) is 0 Å². The van der Waals surface area contributed by atoms with Gasteiger partial charge in [0.25, 0.3) is 0 Å². The Balaban J connectivity index is 1.48. The predicted molar refractivity (Wildman–Crippen MR) is 108 cm³/mol. The van der Waals surface area contributed by atoms with Crippen LogP contribution in [0.2, 0.25) is 0 Å². The van der Waals surface area contributed by atoms with Crippen LogP contribution in [0, 0.1) is 47.9 Å². The molecule has 27 heavy (non-hydrogen) atoms. The first-order valence-corrected chi connectivity index (χ1v) is 9.99. The van der Waals surface area contributed by atoms with E-state index in [2.05, 4.69) is 48.1 Å². The number of nitrogens with zero attached hydrogens (tertiary/aromatic N) is 1. The van der Waals surface area contributed by atoms with Gasteiger partial charge in [-0.05, 0) is 43.4 Å². The molecular formula is C25H26NO. The van der Waals surface area contributed by atoms with Crippen LogP contribution in [0.4, 0.5) is 0 Å².